The molecular weight excluding hydrogens is 461 g/mol. The zero-order chi connectivity index (χ0) is 21.0. The van der Waals surface area contributed by atoms with Crippen molar-refractivity contribution in [2.75, 3.05) is 0 Å². The number of nitrogens with zero attached hydrogens (tertiary/aromatic N) is 1. The van der Waals surface area contributed by atoms with Crippen molar-refractivity contribution < 1.29 is 61.4 Å². The second-order valence-electron chi connectivity index (χ2n) is 5.65. The molecule has 3 nitrogen and oxygen atoms in total. The molecule has 0 atom stereocenters. The molecule has 0 aromatic heterocycles. The molecule has 0 amide bonds. The summed E-state index contributed by atoms with van der Waals surface area (Å²) in [5.41, 5.74) is 4.97. The molecular formula is C18H17F6N2NaOS2. The van der Waals surface area contributed by atoms with Gasteiger partial charge in [0.2, 0.25) is 0 Å². The third-order valence-electron chi connectivity index (χ3n) is 3.22. The number of halogens is 6. The van der Waals surface area contributed by atoms with Gasteiger partial charge < -0.3 is 24.7 Å². The van der Waals surface area contributed by atoms with E-state index in [1.165, 1.54) is 19.1 Å². The van der Waals surface area contributed by atoms with Gasteiger partial charge in [-0.1, -0.05) is 12.2 Å². The largest absolute Gasteiger partial charge is 1.00 e. The van der Waals surface area contributed by atoms with Crippen LogP contribution in [0, 0.1) is 25.2 Å². The average molecular weight is 478 g/mol. The van der Waals surface area contributed by atoms with Crippen LogP contribution in [0.25, 0.3) is 0 Å². The Balaban J connectivity index is -0.000000443. The summed E-state index contributed by atoms with van der Waals surface area (Å²) in [6, 6.07) is 8.48. The van der Waals surface area contributed by atoms with Gasteiger partial charge in [0.25, 0.3) is 0 Å². The quantitative estimate of drug-likeness (QED) is 0.221. The first-order valence-corrected chi connectivity index (χ1v) is 7.72. The summed E-state index contributed by atoms with van der Waals surface area (Å²) >= 11 is 4.61. The number of benzene rings is 2. The number of aryl methyl sites for hydroxylation is 2. The molecule has 2 aromatic carbocycles. The first-order chi connectivity index (χ1) is 12.2. The summed E-state index contributed by atoms with van der Waals surface area (Å²) in [6.07, 6.45) is -8.73. The number of nitriles is 1. The molecule has 2 rings (SSSR count). The summed E-state index contributed by atoms with van der Waals surface area (Å²) in [6.45, 7) is 3.09. The van der Waals surface area contributed by atoms with E-state index in [9.17, 15) is 26.3 Å². The Hall–Kier alpha value is -1.29. The van der Waals surface area contributed by atoms with Crippen molar-refractivity contribution >= 4 is 30.7 Å². The molecule has 0 aliphatic rings. The number of thiol groups is 1. The van der Waals surface area contributed by atoms with Gasteiger partial charge in [0.05, 0.1) is 22.8 Å². The molecule has 2 aromatic rings. The van der Waals surface area contributed by atoms with E-state index < -0.39 is 23.5 Å². The Morgan fingerprint density at radius 3 is 1.63 bits per heavy atom. The fraction of sp³-hybridized carbons (Fsp3) is 0.222. The number of hydrogen-bond acceptors (Lipinski definition) is 3. The molecule has 0 saturated carbocycles. The third-order valence-corrected chi connectivity index (χ3v) is 3.46. The minimum absolute atomic E-state index is 0. The Morgan fingerprint density at radius 2 is 1.27 bits per heavy atom. The number of nitrogens with two attached hydrogens (primary N) is 1. The van der Waals surface area contributed by atoms with Crippen LogP contribution in [0.1, 0.15) is 33.4 Å². The molecule has 0 aliphatic heterocycles. The normalized spacial score (nSPS) is 10.1. The molecule has 0 radical (unpaired) electrons. The van der Waals surface area contributed by atoms with E-state index in [1.54, 1.807) is 13.0 Å². The number of alkyl halides is 6. The summed E-state index contributed by atoms with van der Waals surface area (Å²) in [7, 11) is 0. The van der Waals surface area contributed by atoms with E-state index in [-0.39, 0.29) is 64.6 Å². The zero-order valence-corrected chi connectivity index (χ0v) is 19.8. The maximum atomic E-state index is 12.3. The molecule has 0 bridgehead atoms. The summed E-state index contributed by atoms with van der Waals surface area (Å²) in [5, 5.41) is 8.43. The van der Waals surface area contributed by atoms with Crippen LogP contribution in [0.2, 0.25) is 0 Å². The van der Waals surface area contributed by atoms with Crippen LogP contribution in [0.15, 0.2) is 36.4 Å². The predicted octanol–water partition coefficient (Wildman–Crippen LogP) is 1.44. The van der Waals surface area contributed by atoms with Crippen LogP contribution in [0.5, 0.6) is 0 Å². The summed E-state index contributed by atoms with van der Waals surface area (Å²) in [5.74, 6) is 0. The maximum Gasteiger partial charge on any atom is 1.00 e. The fourth-order valence-corrected chi connectivity index (χ4v) is 2.22. The van der Waals surface area contributed by atoms with Crippen LogP contribution in [-0.2, 0) is 25.8 Å². The van der Waals surface area contributed by atoms with Crippen LogP contribution >= 0.6 is 12.2 Å². The number of rotatable bonds is 1. The fourth-order valence-electron chi connectivity index (χ4n) is 2.10. The molecule has 30 heavy (non-hydrogen) atoms. The van der Waals surface area contributed by atoms with Crippen LogP contribution in [0.3, 0.4) is 0 Å². The van der Waals surface area contributed by atoms with Crippen molar-refractivity contribution in [3.05, 3.63) is 69.8 Å². The average Bonchev–Trinajstić information content (AvgIpc) is 2.52. The van der Waals surface area contributed by atoms with Gasteiger partial charge >= 0.3 is 41.9 Å². The smallest absolute Gasteiger partial charge is 0.813 e. The van der Waals surface area contributed by atoms with E-state index in [0.717, 1.165) is 24.3 Å². The first kappa shape index (κ1) is 33.4. The van der Waals surface area contributed by atoms with Gasteiger partial charge in [0, 0.05) is 5.56 Å². The molecule has 4 N–H and O–H groups in total. The topological polar surface area (TPSA) is 81.3 Å². The van der Waals surface area contributed by atoms with E-state index in [2.05, 4.69) is 12.2 Å². The SMILES string of the molecule is Cc1cc(C#N)cc(C(F)(F)F)c1.Cc1cc(C(N)=S)cc(C(F)(F)F)c1.O.[Na+].[SH-]. The molecule has 0 heterocycles. The van der Waals surface area contributed by atoms with Crippen molar-refractivity contribution in [3.63, 3.8) is 0 Å². The molecule has 12 heteroatoms. The van der Waals surface area contributed by atoms with Crippen LogP contribution < -0.4 is 35.3 Å². The zero-order valence-electron chi connectivity index (χ0n) is 16.1. The van der Waals surface area contributed by atoms with Gasteiger partial charge in [-0.2, -0.15) is 31.6 Å². The summed E-state index contributed by atoms with van der Waals surface area (Å²) < 4.78 is 73.5. The van der Waals surface area contributed by atoms with Gasteiger partial charge in [0.15, 0.2) is 0 Å². The third kappa shape index (κ3) is 10.7. The molecule has 0 unspecified atom stereocenters. The molecule has 0 spiro atoms. The maximum absolute atomic E-state index is 12.3. The Bertz CT molecular complexity index is 896. The van der Waals surface area contributed by atoms with E-state index in [4.69, 9.17) is 11.0 Å². The first-order valence-electron chi connectivity index (χ1n) is 7.31. The van der Waals surface area contributed by atoms with E-state index in [0.29, 0.717) is 11.1 Å². The standard InChI is InChI=1S/C9H8F3NS.C9H6F3N.Na.H2O.H2S/c1-5-2-6(8(13)14)4-7(3-5)9(10,11)12;1-6-2-7(5-13)4-8(3-6)9(10,11)12;;;/h2-4H,1H3,(H2,13,14);2-4H,1H3;;2*1H2/q;;+1;;/p-1. The number of hydrogen-bond donors (Lipinski definition) is 1. The van der Waals surface area contributed by atoms with Gasteiger partial charge in [-0.15, -0.1) is 0 Å². The second kappa shape index (κ2) is 13.2. The Kier molecular flexibility index (Phi) is 14.7. The molecule has 160 valence electrons. The van der Waals surface area contributed by atoms with Gasteiger partial charge in [-0.3, -0.25) is 0 Å². The Labute approximate surface area is 204 Å². The monoisotopic (exact) mass is 478 g/mol. The van der Waals surface area contributed by atoms with Crippen molar-refractivity contribution in [2.24, 2.45) is 5.73 Å². The van der Waals surface area contributed by atoms with Crippen molar-refractivity contribution in [3.8, 4) is 6.07 Å². The van der Waals surface area contributed by atoms with Crippen LogP contribution in [-0.4, -0.2) is 10.5 Å². The van der Waals surface area contributed by atoms with Crippen molar-refractivity contribution in [1.29, 1.82) is 5.26 Å². The van der Waals surface area contributed by atoms with Crippen LogP contribution in [0.4, 0.5) is 26.3 Å². The summed E-state index contributed by atoms with van der Waals surface area (Å²) in [4.78, 5) is -0.0285. The van der Waals surface area contributed by atoms with Crippen molar-refractivity contribution in [1.82, 2.24) is 0 Å². The molecule has 0 saturated heterocycles. The second-order valence-corrected chi connectivity index (χ2v) is 6.09. The minimum Gasteiger partial charge on any atom is -0.813 e. The predicted molar refractivity (Wildman–Crippen MR) is 105 cm³/mol. The molecule has 0 aliphatic carbocycles. The van der Waals surface area contributed by atoms with Crippen molar-refractivity contribution in [2.45, 2.75) is 26.2 Å². The Morgan fingerprint density at radius 1 is 0.867 bits per heavy atom. The number of thiocarbonyl (C=S) groups is 1. The van der Waals surface area contributed by atoms with E-state index in [1.807, 2.05) is 0 Å². The minimum atomic E-state index is -4.38. The van der Waals surface area contributed by atoms with Gasteiger partial charge in [-0.05, 0) is 61.4 Å². The molecule has 0 fully saturated rings. The van der Waals surface area contributed by atoms with Gasteiger partial charge in [-0.25, -0.2) is 0 Å². The van der Waals surface area contributed by atoms with Gasteiger partial charge in [0.1, 0.15) is 4.99 Å². The van der Waals surface area contributed by atoms with E-state index >= 15 is 0 Å².